The predicted octanol–water partition coefficient (Wildman–Crippen LogP) is 2.99. The molecule has 2 aromatic rings. The van der Waals surface area contributed by atoms with E-state index in [1.54, 1.807) is 6.07 Å². The molecule has 0 fully saturated rings. The molecule has 0 amide bonds. The molecule has 0 aliphatic heterocycles. The minimum Gasteiger partial charge on any atom is -0.380 e. The van der Waals surface area contributed by atoms with Crippen molar-refractivity contribution in [3.63, 3.8) is 0 Å². The maximum Gasteiger partial charge on any atom is 0.201 e. The van der Waals surface area contributed by atoms with Crippen molar-refractivity contribution in [1.29, 1.82) is 0 Å². The molecule has 4 nitrogen and oxygen atoms in total. The Bertz CT molecular complexity index is 565. The van der Waals surface area contributed by atoms with Crippen molar-refractivity contribution < 1.29 is 9.13 Å². The number of hydrogen-bond acceptors (Lipinski definition) is 3. The zero-order valence-corrected chi connectivity index (χ0v) is 11.6. The van der Waals surface area contributed by atoms with Gasteiger partial charge in [-0.1, -0.05) is 19.9 Å². The Labute approximate surface area is 112 Å². The molecule has 5 heteroatoms. The van der Waals surface area contributed by atoms with Crippen LogP contribution in [-0.2, 0) is 4.74 Å². The number of hydrogen-bond donors (Lipinski definition) is 1. The highest BCUT2D eigenvalue weighted by Gasteiger charge is 2.22. The monoisotopic (exact) mass is 265 g/mol. The molecule has 0 saturated carbocycles. The molecule has 0 bridgehead atoms. The molecule has 104 valence electrons. The van der Waals surface area contributed by atoms with Crippen LogP contribution in [0.4, 0.5) is 10.3 Å². The molecule has 1 aromatic carbocycles. The highest BCUT2D eigenvalue weighted by atomic mass is 19.1. The maximum atomic E-state index is 13.7. The Morgan fingerprint density at radius 1 is 1.42 bits per heavy atom. The number of nitrogen functional groups attached to an aromatic ring is 1. The summed E-state index contributed by atoms with van der Waals surface area (Å²) in [5, 5.41) is 0. The van der Waals surface area contributed by atoms with Gasteiger partial charge in [-0.05, 0) is 25.0 Å². The van der Waals surface area contributed by atoms with Gasteiger partial charge in [-0.25, -0.2) is 9.37 Å². The molecule has 1 aromatic heterocycles. The molecule has 19 heavy (non-hydrogen) atoms. The van der Waals surface area contributed by atoms with E-state index in [0.29, 0.717) is 30.6 Å². The van der Waals surface area contributed by atoms with Crippen LogP contribution in [0.1, 0.15) is 26.8 Å². The molecule has 1 unspecified atom stereocenters. The third-order valence-corrected chi connectivity index (χ3v) is 3.29. The number of aromatic nitrogens is 2. The number of nitrogens with two attached hydrogens (primary N) is 1. The van der Waals surface area contributed by atoms with Crippen molar-refractivity contribution in [2.24, 2.45) is 5.92 Å². The minimum atomic E-state index is -0.345. The predicted molar refractivity (Wildman–Crippen MR) is 74.5 cm³/mol. The third-order valence-electron chi connectivity index (χ3n) is 3.29. The van der Waals surface area contributed by atoms with E-state index >= 15 is 0 Å². The third kappa shape index (κ3) is 2.56. The number of benzene rings is 1. The average Bonchev–Trinajstić information content (AvgIpc) is 2.68. The normalized spacial score (nSPS) is 13.3. The second kappa shape index (κ2) is 5.57. The Balaban J connectivity index is 2.52. The highest BCUT2D eigenvalue weighted by molar-refractivity contribution is 5.79. The van der Waals surface area contributed by atoms with Crippen LogP contribution < -0.4 is 5.73 Å². The molecular formula is C14H20FN3O. The largest absolute Gasteiger partial charge is 0.380 e. The smallest absolute Gasteiger partial charge is 0.201 e. The summed E-state index contributed by atoms with van der Waals surface area (Å²) in [6.45, 7) is 7.32. The fourth-order valence-electron chi connectivity index (χ4n) is 2.25. The van der Waals surface area contributed by atoms with Gasteiger partial charge >= 0.3 is 0 Å². The summed E-state index contributed by atoms with van der Waals surface area (Å²) in [7, 11) is 0. The zero-order chi connectivity index (χ0) is 14.0. The van der Waals surface area contributed by atoms with E-state index in [0.717, 1.165) is 5.52 Å². The summed E-state index contributed by atoms with van der Waals surface area (Å²) < 4.78 is 21.1. The lowest BCUT2D eigenvalue weighted by Crippen LogP contribution is -2.22. The van der Waals surface area contributed by atoms with Crippen LogP contribution in [0.25, 0.3) is 11.0 Å². The van der Waals surface area contributed by atoms with Crippen LogP contribution in [0.5, 0.6) is 0 Å². The van der Waals surface area contributed by atoms with Gasteiger partial charge in [-0.3, -0.25) is 0 Å². The summed E-state index contributed by atoms with van der Waals surface area (Å²) in [6.07, 6.45) is 0. The van der Waals surface area contributed by atoms with Gasteiger partial charge in [-0.2, -0.15) is 0 Å². The number of rotatable bonds is 5. The molecule has 2 N–H and O–H groups in total. The maximum absolute atomic E-state index is 13.7. The van der Waals surface area contributed by atoms with Crippen LogP contribution in [-0.4, -0.2) is 22.8 Å². The lowest BCUT2D eigenvalue weighted by molar-refractivity contribution is 0.0987. The lowest BCUT2D eigenvalue weighted by atomic mass is 10.0. The van der Waals surface area contributed by atoms with Crippen molar-refractivity contribution in [2.45, 2.75) is 26.8 Å². The summed E-state index contributed by atoms with van der Waals surface area (Å²) >= 11 is 0. The topological polar surface area (TPSA) is 53.1 Å². The Hall–Kier alpha value is -1.62. The van der Waals surface area contributed by atoms with Crippen LogP contribution >= 0.6 is 0 Å². The zero-order valence-electron chi connectivity index (χ0n) is 11.6. The van der Waals surface area contributed by atoms with E-state index in [9.17, 15) is 4.39 Å². The molecule has 0 spiro atoms. The van der Waals surface area contributed by atoms with Crippen molar-refractivity contribution >= 4 is 17.0 Å². The molecule has 0 radical (unpaired) electrons. The first-order valence-corrected chi connectivity index (χ1v) is 6.56. The summed E-state index contributed by atoms with van der Waals surface area (Å²) in [5.74, 6) is 0.301. The van der Waals surface area contributed by atoms with Crippen LogP contribution in [0.15, 0.2) is 18.2 Å². The minimum absolute atomic E-state index is 0.0479. The van der Waals surface area contributed by atoms with Crippen LogP contribution in [0.2, 0.25) is 0 Å². The SMILES string of the molecule is CCOCC(C(C)C)n1c(N)nc2c(F)cccc21. The number of para-hydroxylation sites is 1. The average molecular weight is 265 g/mol. The number of anilines is 1. The number of imidazole rings is 1. The highest BCUT2D eigenvalue weighted by Crippen LogP contribution is 2.28. The van der Waals surface area contributed by atoms with E-state index in [4.69, 9.17) is 10.5 Å². The number of halogens is 1. The molecule has 0 saturated heterocycles. The van der Waals surface area contributed by atoms with Gasteiger partial charge < -0.3 is 15.0 Å². The van der Waals surface area contributed by atoms with E-state index in [1.807, 2.05) is 17.6 Å². The van der Waals surface area contributed by atoms with Gasteiger partial charge in [0, 0.05) is 6.61 Å². The molecule has 1 heterocycles. The fourth-order valence-corrected chi connectivity index (χ4v) is 2.25. The first-order valence-electron chi connectivity index (χ1n) is 6.56. The number of fused-ring (bicyclic) bond motifs is 1. The van der Waals surface area contributed by atoms with Crippen molar-refractivity contribution in [3.8, 4) is 0 Å². The van der Waals surface area contributed by atoms with Gasteiger partial charge in [0.25, 0.3) is 0 Å². The van der Waals surface area contributed by atoms with E-state index in [-0.39, 0.29) is 11.9 Å². The molecule has 1 atom stereocenters. The quantitative estimate of drug-likeness (QED) is 0.904. The number of ether oxygens (including phenoxy) is 1. The molecule has 0 aliphatic carbocycles. The number of nitrogens with zero attached hydrogens (tertiary/aromatic N) is 2. The molecule has 0 aliphatic rings. The van der Waals surface area contributed by atoms with Gasteiger partial charge in [0.05, 0.1) is 18.2 Å². The van der Waals surface area contributed by atoms with Crippen molar-refractivity contribution in [1.82, 2.24) is 9.55 Å². The van der Waals surface area contributed by atoms with Crippen molar-refractivity contribution in [2.75, 3.05) is 18.9 Å². The van der Waals surface area contributed by atoms with E-state index in [2.05, 4.69) is 18.8 Å². The van der Waals surface area contributed by atoms with E-state index < -0.39 is 0 Å². The first-order chi connectivity index (χ1) is 9.06. The lowest BCUT2D eigenvalue weighted by Gasteiger charge is -2.24. The van der Waals surface area contributed by atoms with Crippen LogP contribution in [0.3, 0.4) is 0 Å². The second-order valence-electron chi connectivity index (χ2n) is 4.92. The van der Waals surface area contributed by atoms with Crippen LogP contribution in [0, 0.1) is 11.7 Å². The van der Waals surface area contributed by atoms with Gasteiger partial charge in [0.1, 0.15) is 5.52 Å². The second-order valence-corrected chi connectivity index (χ2v) is 4.92. The Morgan fingerprint density at radius 3 is 2.79 bits per heavy atom. The molecule has 2 rings (SSSR count). The Morgan fingerprint density at radius 2 is 2.16 bits per heavy atom. The Kier molecular flexibility index (Phi) is 4.04. The standard InChI is InChI=1S/C14H20FN3O/c1-4-19-8-12(9(2)3)18-11-7-5-6-10(15)13(11)17-14(18)16/h5-7,9,12H,4,8H2,1-3H3,(H2,16,17). The fraction of sp³-hybridized carbons (Fsp3) is 0.500. The van der Waals surface area contributed by atoms with E-state index in [1.165, 1.54) is 6.07 Å². The van der Waals surface area contributed by atoms with Crippen molar-refractivity contribution in [3.05, 3.63) is 24.0 Å². The van der Waals surface area contributed by atoms with Gasteiger partial charge in [0.2, 0.25) is 5.95 Å². The first kappa shape index (κ1) is 13.8. The van der Waals surface area contributed by atoms with Gasteiger partial charge in [0.15, 0.2) is 5.82 Å². The van der Waals surface area contributed by atoms with Gasteiger partial charge in [-0.15, -0.1) is 0 Å². The summed E-state index contributed by atoms with van der Waals surface area (Å²) in [4.78, 5) is 4.13. The summed E-state index contributed by atoms with van der Waals surface area (Å²) in [5.41, 5.74) is 7.00. The molecular weight excluding hydrogens is 245 g/mol. The summed E-state index contributed by atoms with van der Waals surface area (Å²) in [6, 6.07) is 4.95.